The number of imidazole rings is 1. The molecule has 1 saturated heterocycles. The molecule has 6 rings (SSSR count). The fraction of sp³-hybridized carbons (Fsp3) is 0.500. The zero-order valence-corrected chi connectivity index (χ0v) is 23.3. The maximum absolute atomic E-state index is 16.1. The normalized spacial score (nSPS) is 22.5. The molecule has 3 aliphatic rings. The van der Waals surface area contributed by atoms with Crippen LogP contribution in [0.3, 0.4) is 0 Å². The Labute approximate surface area is 247 Å². The van der Waals surface area contributed by atoms with Crippen molar-refractivity contribution in [3.63, 3.8) is 0 Å². The number of fused-ring (bicyclic) bond motifs is 1. The minimum Gasteiger partial charge on any atom is -0.445 e. The molecule has 0 unspecified atom stereocenters. The molecule has 2 saturated carbocycles. The van der Waals surface area contributed by atoms with Crippen LogP contribution < -0.4 is 5.32 Å². The zero-order valence-electron chi connectivity index (χ0n) is 23.3. The maximum Gasteiger partial charge on any atom is 0.408 e. The van der Waals surface area contributed by atoms with Gasteiger partial charge in [-0.15, -0.1) is 0 Å². The van der Waals surface area contributed by atoms with E-state index in [0.29, 0.717) is 5.56 Å². The summed E-state index contributed by atoms with van der Waals surface area (Å²) < 4.78 is 105. The number of hydrogen-bond acceptors (Lipinski definition) is 4. The molecule has 0 bridgehead atoms. The molecule has 7 nitrogen and oxygen atoms in total. The van der Waals surface area contributed by atoms with Crippen LogP contribution in [-0.4, -0.2) is 57.7 Å². The number of alkyl carbamates (subject to hydrolysis) is 1. The van der Waals surface area contributed by atoms with E-state index in [1.807, 2.05) is 0 Å². The van der Waals surface area contributed by atoms with Gasteiger partial charge in [0, 0.05) is 31.2 Å². The van der Waals surface area contributed by atoms with Gasteiger partial charge in [0.25, 0.3) is 11.8 Å². The topological polar surface area (TPSA) is 87.3 Å². The number of aromatic amines is 1. The third-order valence-electron chi connectivity index (χ3n) is 8.80. The lowest BCUT2D eigenvalue weighted by Gasteiger charge is -2.51. The van der Waals surface area contributed by atoms with Crippen molar-refractivity contribution >= 4 is 23.0 Å². The van der Waals surface area contributed by atoms with Crippen LogP contribution in [0.4, 0.5) is 35.5 Å². The first-order valence-electron chi connectivity index (χ1n) is 14.3. The molecule has 2 amide bonds. The molecule has 1 aliphatic heterocycles. The first-order valence-corrected chi connectivity index (χ1v) is 14.3. The molecule has 1 atom stereocenters. The van der Waals surface area contributed by atoms with E-state index in [0.717, 1.165) is 11.0 Å². The smallest absolute Gasteiger partial charge is 0.408 e. The number of ether oxygens (including phenoxy) is 1. The van der Waals surface area contributed by atoms with Gasteiger partial charge in [0.1, 0.15) is 17.9 Å². The second-order valence-corrected chi connectivity index (χ2v) is 12.1. The molecule has 44 heavy (non-hydrogen) atoms. The highest BCUT2D eigenvalue weighted by atomic mass is 19.3. The Kier molecular flexibility index (Phi) is 7.31. The van der Waals surface area contributed by atoms with Gasteiger partial charge >= 0.3 is 6.09 Å². The van der Waals surface area contributed by atoms with Gasteiger partial charge < -0.3 is 19.9 Å². The number of nitrogens with one attached hydrogen (secondary N) is 2. The molecule has 2 aromatic carbocycles. The Balaban J connectivity index is 1.30. The number of carbonyl (C=O) groups excluding carboxylic acids is 2. The number of likely N-dealkylation sites (tertiary alicyclic amines) is 1. The summed E-state index contributed by atoms with van der Waals surface area (Å²) in [6.07, 6.45) is -3.76. The fourth-order valence-electron chi connectivity index (χ4n) is 6.52. The minimum absolute atomic E-state index is 0.0224. The molecule has 3 fully saturated rings. The second kappa shape index (κ2) is 10.7. The van der Waals surface area contributed by atoms with E-state index in [-0.39, 0.29) is 36.3 Å². The molecule has 236 valence electrons. The number of halogens is 7. The van der Waals surface area contributed by atoms with Crippen molar-refractivity contribution in [3.8, 4) is 0 Å². The van der Waals surface area contributed by atoms with Gasteiger partial charge in [-0.2, -0.15) is 0 Å². The van der Waals surface area contributed by atoms with Crippen LogP contribution in [0.2, 0.25) is 0 Å². The first-order chi connectivity index (χ1) is 20.7. The minimum atomic E-state index is -3.29. The third-order valence-corrected chi connectivity index (χ3v) is 8.80. The van der Waals surface area contributed by atoms with Gasteiger partial charge in [0.05, 0.1) is 30.1 Å². The summed E-state index contributed by atoms with van der Waals surface area (Å²) in [6, 6.07) is 10.3. The third kappa shape index (κ3) is 5.70. The molecule has 2 N–H and O–H groups in total. The van der Waals surface area contributed by atoms with E-state index >= 15 is 4.39 Å². The van der Waals surface area contributed by atoms with Crippen LogP contribution in [0.1, 0.15) is 61.5 Å². The average molecular weight is 627 g/mol. The van der Waals surface area contributed by atoms with Gasteiger partial charge in [-0.25, -0.2) is 40.5 Å². The zero-order chi connectivity index (χ0) is 31.5. The van der Waals surface area contributed by atoms with Gasteiger partial charge in [-0.1, -0.05) is 36.4 Å². The summed E-state index contributed by atoms with van der Waals surface area (Å²) in [6.45, 7) is -1.95. The summed E-state index contributed by atoms with van der Waals surface area (Å²) in [5, 5.41) is 2.66. The molecular weight excluding hydrogens is 597 g/mol. The lowest BCUT2D eigenvalue weighted by atomic mass is 9.60. The Hall–Kier alpha value is -3.84. The van der Waals surface area contributed by atoms with Gasteiger partial charge in [0.2, 0.25) is 11.8 Å². The predicted molar refractivity (Wildman–Crippen MR) is 143 cm³/mol. The Morgan fingerprint density at radius 1 is 0.955 bits per heavy atom. The lowest BCUT2D eigenvalue weighted by Crippen LogP contribution is -2.67. The summed E-state index contributed by atoms with van der Waals surface area (Å²) in [5.74, 6) is -11.9. The van der Waals surface area contributed by atoms with Gasteiger partial charge in [-0.05, 0) is 30.4 Å². The number of nitrogens with zero attached hydrogens (tertiary/aromatic N) is 2. The van der Waals surface area contributed by atoms with Crippen molar-refractivity contribution < 1.29 is 45.1 Å². The Bertz CT molecular complexity index is 1550. The summed E-state index contributed by atoms with van der Waals surface area (Å²) in [5.41, 5.74) is -1.94. The number of rotatable bonds is 7. The van der Waals surface area contributed by atoms with Gasteiger partial charge in [0.15, 0.2) is 5.82 Å². The van der Waals surface area contributed by atoms with Crippen molar-refractivity contribution in [2.45, 2.75) is 74.4 Å². The van der Waals surface area contributed by atoms with E-state index in [2.05, 4.69) is 15.3 Å². The van der Waals surface area contributed by atoms with Gasteiger partial charge in [-0.3, -0.25) is 4.79 Å². The maximum atomic E-state index is 16.1. The second-order valence-electron chi connectivity index (χ2n) is 12.1. The number of H-pyrrole nitrogens is 1. The van der Waals surface area contributed by atoms with E-state index < -0.39 is 97.3 Å². The Morgan fingerprint density at radius 3 is 2.23 bits per heavy atom. The first kappa shape index (κ1) is 30.2. The highest BCUT2D eigenvalue weighted by Gasteiger charge is 2.65. The van der Waals surface area contributed by atoms with Crippen LogP contribution in [0.25, 0.3) is 11.0 Å². The summed E-state index contributed by atoms with van der Waals surface area (Å²) in [4.78, 5) is 33.9. The van der Waals surface area contributed by atoms with E-state index in [9.17, 15) is 35.9 Å². The van der Waals surface area contributed by atoms with E-state index in [4.69, 9.17) is 4.74 Å². The fourth-order valence-corrected chi connectivity index (χ4v) is 6.52. The van der Waals surface area contributed by atoms with Crippen LogP contribution >= 0.6 is 0 Å². The average Bonchev–Trinajstić information content (AvgIpc) is 3.38. The quantitative estimate of drug-likeness (QED) is 0.288. The van der Waals surface area contributed by atoms with Crippen LogP contribution in [0.5, 0.6) is 0 Å². The van der Waals surface area contributed by atoms with E-state index in [1.54, 1.807) is 30.3 Å². The molecular formula is C30H29F7N4O3. The summed E-state index contributed by atoms with van der Waals surface area (Å²) >= 11 is 0. The standard InChI is InChI=1S/C30H29F7N4O3/c31-21-19(27(13-29(34,35)14-27)25(42)41-15-30(36,37)16-41)6-7-20-23(21)39-24(38-20)22(18-8-10-28(32,33)11-9-18)40-26(43)44-12-17-4-2-1-3-5-17/h1-7,18,22H,8-16H2,(H,38,39)(H,40,43)/t22-/m0/s1. The van der Waals surface area contributed by atoms with Crippen molar-refractivity contribution in [3.05, 3.63) is 65.2 Å². The van der Waals surface area contributed by atoms with Crippen molar-refractivity contribution in [1.29, 1.82) is 0 Å². The molecule has 14 heteroatoms. The van der Waals surface area contributed by atoms with Crippen molar-refractivity contribution in [2.75, 3.05) is 13.1 Å². The van der Waals surface area contributed by atoms with Crippen molar-refractivity contribution in [2.24, 2.45) is 5.92 Å². The van der Waals surface area contributed by atoms with Crippen LogP contribution in [-0.2, 0) is 21.6 Å². The predicted octanol–water partition coefficient (Wildman–Crippen LogP) is 6.64. The SMILES string of the molecule is O=C(N[C@H](c1nc2c(F)c(C3(C(=O)N4CC(F)(F)C4)CC(F)(F)C3)ccc2[nH]1)C1CCC(F)(F)CC1)OCc1ccccc1. The molecule has 2 heterocycles. The van der Waals surface area contributed by atoms with Crippen LogP contribution in [0.15, 0.2) is 42.5 Å². The molecule has 0 radical (unpaired) electrons. The number of aromatic nitrogens is 2. The number of benzene rings is 2. The lowest BCUT2D eigenvalue weighted by molar-refractivity contribution is -0.192. The highest BCUT2D eigenvalue weighted by molar-refractivity contribution is 5.92. The number of carbonyl (C=O) groups is 2. The monoisotopic (exact) mass is 626 g/mol. The molecule has 2 aliphatic carbocycles. The molecule has 3 aromatic rings. The van der Waals surface area contributed by atoms with Crippen LogP contribution in [0, 0.1) is 11.7 Å². The largest absolute Gasteiger partial charge is 0.445 e. The van der Waals surface area contributed by atoms with Crippen molar-refractivity contribution in [1.82, 2.24) is 20.2 Å². The highest BCUT2D eigenvalue weighted by Crippen LogP contribution is 2.56. The Morgan fingerprint density at radius 2 is 1.61 bits per heavy atom. The summed E-state index contributed by atoms with van der Waals surface area (Å²) in [7, 11) is 0. The number of amides is 2. The molecule has 0 spiro atoms. The number of hydrogen-bond donors (Lipinski definition) is 2. The molecule has 1 aromatic heterocycles. The van der Waals surface area contributed by atoms with E-state index in [1.165, 1.54) is 6.07 Å². The number of alkyl halides is 6.